The van der Waals surface area contributed by atoms with Crippen molar-refractivity contribution in [2.45, 2.75) is 32.1 Å². The number of rotatable bonds is 3. The Labute approximate surface area is 151 Å². The first-order valence-electron chi connectivity index (χ1n) is 8.59. The summed E-state index contributed by atoms with van der Waals surface area (Å²) in [5.41, 5.74) is 5.91. The minimum Gasteiger partial charge on any atom is -0.303 e. The Morgan fingerprint density at radius 1 is 1.09 bits per heavy atom. The minimum absolute atomic E-state index is 1.15. The molecule has 0 N–H and O–H groups in total. The molecule has 0 spiro atoms. The van der Waals surface area contributed by atoms with Crippen LogP contribution in [0, 0.1) is 0 Å². The summed E-state index contributed by atoms with van der Waals surface area (Å²) in [5.74, 6) is 0. The van der Waals surface area contributed by atoms with Gasteiger partial charge >= 0.3 is 0 Å². The van der Waals surface area contributed by atoms with E-state index in [0.717, 1.165) is 19.3 Å². The lowest BCUT2D eigenvalue weighted by Gasteiger charge is -2.14. The van der Waals surface area contributed by atoms with Gasteiger partial charge in [0.15, 0.2) is 0 Å². The second kappa shape index (κ2) is 6.92. The number of benzene rings is 1. The third kappa shape index (κ3) is 3.33. The maximum atomic E-state index is 3.66. The highest BCUT2D eigenvalue weighted by Gasteiger charge is 2.19. The van der Waals surface area contributed by atoms with Crippen molar-refractivity contribution in [3.63, 3.8) is 0 Å². The summed E-state index contributed by atoms with van der Waals surface area (Å²) in [4.78, 5) is 4.09. The molecule has 2 aromatic rings. The van der Waals surface area contributed by atoms with E-state index in [9.17, 15) is 0 Å². The van der Waals surface area contributed by atoms with E-state index < -0.39 is 0 Å². The maximum Gasteiger partial charge on any atom is 0.0377 e. The quantitative estimate of drug-likeness (QED) is 0.669. The molecule has 1 aliphatic carbocycles. The zero-order valence-corrected chi connectivity index (χ0v) is 15.8. The molecule has 0 radical (unpaired) electrons. The van der Waals surface area contributed by atoms with Crippen LogP contribution in [0.5, 0.6) is 0 Å². The maximum absolute atomic E-state index is 3.66. The molecule has 0 saturated carbocycles. The van der Waals surface area contributed by atoms with Crippen molar-refractivity contribution in [3.8, 4) is 0 Å². The van der Waals surface area contributed by atoms with Gasteiger partial charge in [-0.2, -0.15) is 0 Å². The highest BCUT2D eigenvalue weighted by atomic mass is 79.9. The van der Waals surface area contributed by atoms with Gasteiger partial charge in [0.1, 0.15) is 0 Å². The van der Waals surface area contributed by atoms with E-state index in [1.165, 1.54) is 64.1 Å². The summed E-state index contributed by atoms with van der Waals surface area (Å²) >= 11 is 5.57. The number of hydrogen-bond donors (Lipinski definition) is 0. The fourth-order valence-electron chi connectivity index (χ4n) is 3.78. The van der Waals surface area contributed by atoms with E-state index in [0.29, 0.717) is 0 Å². The predicted molar refractivity (Wildman–Crippen MR) is 103 cm³/mol. The average molecular weight is 388 g/mol. The predicted octanol–water partition coefficient (Wildman–Crippen LogP) is 5.53. The number of aryl methyl sites for hydroxylation is 2. The zero-order valence-electron chi connectivity index (χ0n) is 13.4. The topological polar surface area (TPSA) is 3.24 Å². The smallest absolute Gasteiger partial charge is 0.0377 e. The van der Waals surface area contributed by atoms with Gasteiger partial charge in [-0.15, -0.1) is 11.3 Å². The first-order valence-corrected chi connectivity index (χ1v) is 10.3. The van der Waals surface area contributed by atoms with Crippen molar-refractivity contribution in [2.75, 3.05) is 19.6 Å². The molecule has 2 aliphatic rings. The second-order valence-corrected chi connectivity index (χ2v) is 8.36. The molecule has 0 bridgehead atoms. The van der Waals surface area contributed by atoms with E-state index in [-0.39, 0.29) is 0 Å². The molecule has 1 saturated heterocycles. The summed E-state index contributed by atoms with van der Waals surface area (Å²) < 4.78 is 1.18. The number of hydrogen-bond acceptors (Lipinski definition) is 2. The second-order valence-electron chi connectivity index (χ2n) is 6.53. The molecule has 23 heavy (non-hydrogen) atoms. The van der Waals surface area contributed by atoms with E-state index >= 15 is 0 Å². The largest absolute Gasteiger partial charge is 0.303 e. The summed E-state index contributed by atoms with van der Waals surface area (Å²) in [6.45, 7) is 3.78. The Morgan fingerprint density at radius 2 is 1.91 bits per heavy atom. The minimum atomic E-state index is 1.15. The van der Waals surface area contributed by atoms with Crippen molar-refractivity contribution >= 4 is 32.8 Å². The van der Waals surface area contributed by atoms with Crippen LogP contribution in [0.25, 0.3) is 5.57 Å². The van der Waals surface area contributed by atoms with Gasteiger partial charge in [-0.1, -0.05) is 28.1 Å². The molecule has 0 atom stereocenters. The Bertz CT molecular complexity index is 725. The molecule has 4 rings (SSSR count). The Balaban J connectivity index is 1.67. The summed E-state index contributed by atoms with van der Waals surface area (Å²) in [6.07, 6.45) is 8.71. The number of fused-ring (bicyclic) bond motifs is 2. The molecule has 0 unspecified atom stereocenters. The molecule has 1 aromatic carbocycles. The van der Waals surface area contributed by atoms with E-state index in [1.807, 2.05) is 11.3 Å². The highest BCUT2D eigenvalue weighted by molar-refractivity contribution is 9.10. The number of nitrogens with zero attached hydrogens (tertiary/aromatic N) is 1. The summed E-state index contributed by atoms with van der Waals surface area (Å²) in [5, 5.41) is 2.25. The fraction of sp³-hybridized carbons (Fsp3) is 0.400. The van der Waals surface area contributed by atoms with Crippen LogP contribution in [0.15, 0.2) is 40.2 Å². The lowest BCUT2D eigenvalue weighted by Crippen LogP contribution is -2.19. The molecule has 120 valence electrons. The lowest BCUT2D eigenvalue weighted by molar-refractivity contribution is 0.346. The number of halogens is 1. The molecule has 2 heterocycles. The molecule has 0 amide bonds. The van der Waals surface area contributed by atoms with Gasteiger partial charge in [0.05, 0.1) is 0 Å². The zero-order chi connectivity index (χ0) is 15.6. The van der Waals surface area contributed by atoms with Gasteiger partial charge in [-0.25, -0.2) is 0 Å². The van der Waals surface area contributed by atoms with Crippen molar-refractivity contribution in [3.05, 3.63) is 61.8 Å². The van der Waals surface area contributed by atoms with Crippen molar-refractivity contribution in [1.82, 2.24) is 4.90 Å². The molecular formula is C20H22BrNS. The van der Waals surface area contributed by atoms with Gasteiger partial charge in [0.25, 0.3) is 0 Å². The molecule has 1 nitrogen and oxygen atoms in total. The molecule has 3 heteroatoms. The van der Waals surface area contributed by atoms with Gasteiger partial charge < -0.3 is 4.90 Å². The van der Waals surface area contributed by atoms with Crippen LogP contribution in [0.1, 0.15) is 40.8 Å². The Morgan fingerprint density at radius 3 is 2.78 bits per heavy atom. The van der Waals surface area contributed by atoms with Crippen molar-refractivity contribution in [1.29, 1.82) is 0 Å². The average Bonchev–Trinajstić information content (AvgIpc) is 3.20. The van der Waals surface area contributed by atoms with E-state index in [2.05, 4.69) is 56.6 Å². The van der Waals surface area contributed by atoms with E-state index in [4.69, 9.17) is 0 Å². The molecular weight excluding hydrogens is 366 g/mol. The van der Waals surface area contributed by atoms with Crippen molar-refractivity contribution in [2.24, 2.45) is 0 Å². The monoisotopic (exact) mass is 387 g/mol. The Hall–Kier alpha value is -0.900. The summed E-state index contributed by atoms with van der Waals surface area (Å²) in [7, 11) is 0. The van der Waals surface area contributed by atoms with Crippen molar-refractivity contribution < 1.29 is 0 Å². The van der Waals surface area contributed by atoms with Crippen LogP contribution in [-0.2, 0) is 12.8 Å². The van der Waals surface area contributed by atoms with Gasteiger partial charge in [0.2, 0.25) is 0 Å². The van der Waals surface area contributed by atoms with Gasteiger partial charge in [-0.3, -0.25) is 0 Å². The van der Waals surface area contributed by atoms with Crippen LogP contribution in [-0.4, -0.2) is 24.5 Å². The van der Waals surface area contributed by atoms with E-state index in [1.54, 1.807) is 0 Å². The lowest BCUT2D eigenvalue weighted by atomic mass is 9.98. The molecule has 1 aliphatic heterocycles. The first-order chi connectivity index (χ1) is 11.3. The van der Waals surface area contributed by atoms with Crippen LogP contribution in [0.2, 0.25) is 0 Å². The fourth-order valence-corrected chi connectivity index (χ4v) is 5.15. The Kier molecular flexibility index (Phi) is 4.70. The SMILES string of the molecule is Brc1ccc2c(c1)/C(=C/CCN1CCCC1)c1sccc1CC2. The van der Waals surface area contributed by atoms with Crippen LogP contribution in [0.4, 0.5) is 0 Å². The van der Waals surface area contributed by atoms with Crippen LogP contribution >= 0.6 is 27.3 Å². The number of thiophene rings is 1. The molecule has 1 fully saturated rings. The highest BCUT2D eigenvalue weighted by Crippen LogP contribution is 2.38. The number of likely N-dealkylation sites (tertiary alicyclic amines) is 1. The van der Waals surface area contributed by atoms with Crippen LogP contribution in [0.3, 0.4) is 0 Å². The third-order valence-electron chi connectivity index (χ3n) is 5.01. The van der Waals surface area contributed by atoms with Crippen LogP contribution < -0.4 is 0 Å². The van der Waals surface area contributed by atoms with Gasteiger partial charge in [0, 0.05) is 15.9 Å². The third-order valence-corrected chi connectivity index (χ3v) is 6.49. The van der Waals surface area contributed by atoms with Gasteiger partial charge in [-0.05, 0) is 91.0 Å². The first kappa shape index (κ1) is 15.6. The summed E-state index contributed by atoms with van der Waals surface area (Å²) in [6, 6.07) is 9.10. The normalized spacial score (nSPS) is 19.6. The molecule has 1 aromatic heterocycles. The standard InChI is InChI=1S/C20H22BrNS/c21-17-8-7-15-5-6-16-9-13-23-20(16)18(19(15)14-17)4-3-12-22-10-1-2-11-22/h4,7-9,13-14H,1-3,5-6,10-12H2/b18-4-.